The van der Waals surface area contributed by atoms with Crippen LogP contribution in [-0.2, 0) is 6.42 Å². The monoisotopic (exact) mass is 364 g/mol. The summed E-state index contributed by atoms with van der Waals surface area (Å²) >= 11 is 4.98. The zero-order valence-corrected chi connectivity index (χ0v) is 14.6. The van der Waals surface area contributed by atoms with Gasteiger partial charge in [-0.3, -0.25) is 14.6 Å². The van der Waals surface area contributed by atoms with Gasteiger partial charge in [0.15, 0.2) is 4.77 Å². The van der Waals surface area contributed by atoms with Crippen molar-refractivity contribution in [2.45, 2.75) is 6.42 Å². The van der Waals surface area contributed by atoms with Crippen LogP contribution in [0.3, 0.4) is 0 Å². The van der Waals surface area contributed by atoms with Gasteiger partial charge < -0.3 is 15.3 Å². The van der Waals surface area contributed by atoms with E-state index in [9.17, 15) is 9.59 Å². The molecule has 6 nitrogen and oxygen atoms in total. The number of benzene rings is 2. The van der Waals surface area contributed by atoms with Crippen LogP contribution in [0.15, 0.2) is 53.5 Å². The van der Waals surface area contributed by atoms with E-state index < -0.39 is 0 Å². The number of fused-ring (bicyclic) bond motifs is 2. The highest BCUT2D eigenvalue weighted by molar-refractivity contribution is 7.71. The quantitative estimate of drug-likeness (QED) is 0.419. The van der Waals surface area contributed by atoms with Crippen molar-refractivity contribution < 1.29 is 4.79 Å². The smallest absolute Gasteiger partial charge is 0.259 e. The second kappa shape index (κ2) is 6.61. The number of hydrogen-bond acceptors (Lipinski definition) is 3. The van der Waals surface area contributed by atoms with Gasteiger partial charge >= 0.3 is 0 Å². The maximum atomic E-state index is 12.4. The largest absolute Gasteiger partial charge is 0.361 e. The number of aromatic nitrogens is 3. The molecular weight excluding hydrogens is 348 g/mol. The van der Waals surface area contributed by atoms with E-state index in [0.717, 1.165) is 17.5 Å². The molecule has 0 saturated carbocycles. The van der Waals surface area contributed by atoms with E-state index in [1.807, 2.05) is 24.4 Å². The summed E-state index contributed by atoms with van der Waals surface area (Å²) in [5, 5.41) is 4.55. The number of carbonyl (C=O) groups excluding carboxylic acids is 1. The van der Waals surface area contributed by atoms with Crippen molar-refractivity contribution in [2.24, 2.45) is 0 Å². The number of hydrogen-bond donors (Lipinski definition) is 4. The normalized spacial score (nSPS) is 11.1. The standard InChI is InChI=1S/C19H16N4O2S/c24-17(11-5-6-14-16(9-11)22-19(26)23-18(14)25)20-8-7-12-10-21-15-4-2-1-3-13(12)15/h1-6,9-10,21H,7-8H2,(H,20,24)(H2,22,23,25,26). The van der Waals surface area contributed by atoms with E-state index in [1.165, 1.54) is 5.39 Å². The Labute approximate surface area is 153 Å². The molecule has 7 heteroatoms. The molecule has 1 amide bonds. The van der Waals surface area contributed by atoms with Gasteiger partial charge in [0.05, 0.1) is 10.9 Å². The fourth-order valence-corrected chi connectivity index (χ4v) is 3.26. The molecule has 4 rings (SSSR count). The van der Waals surface area contributed by atoms with Crippen LogP contribution in [0.4, 0.5) is 0 Å². The van der Waals surface area contributed by atoms with E-state index in [-0.39, 0.29) is 16.2 Å². The van der Waals surface area contributed by atoms with Crippen molar-refractivity contribution in [1.29, 1.82) is 0 Å². The molecule has 2 heterocycles. The lowest BCUT2D eigenvalue weighted by Crippen LogP contribution is -2.25. The molecule has 4 N–H and O–H groups in total. The van der Waals surface area contributed by atoms with Gasteiger partial charge in [-0.2, -0.15) is 0 Å². The van der Waals surface area contributed by atoms with Gasteiger partial charge in [-0.15, -0.1) is 0 Å². The molecule has 0 aliphatic carbocycles. The topological polar surface area (TPSA) is 93.5 Å². The summed E-state index contributed by atoms with van der Waals surface area (Å²) in [4.78, 5) is 32.9. The molecule has 0 atom stereocenters. The average Bonchev–Trinajstić information content (AvgIpc) is 3.04. The van der Waals surface area contributed by atoms with Crippen LogP contribution in [0.2, 0.25) is 0 Å². The lowest BCUT2D eigenvalue weighted by Gasteiger charge is -2.06. The Balaban J connectivity index is 1.49. The molecule has 130 valence electrons. The van der Waals surface area contributed by atoms with Crippen LogP contribution in [0, 0.1) is 4.77 Å². The van der Waals surface area contributed by atoms with Gasteiger partial charge in [0.1, 0.15) is 0 Å². The number of carbonyl (C=O) groups is 1. The molecule has 0 fully saturated rings. The fourth-order valence-electron chi connectivity index (χ4n) is 3.06. The molecule has 0 spiro atoms. The number of nitrogens with one attached hydrogen (secondary N) is 4. The van der Waals surface area contributed by atoms with Gasteiger partial charge in [-0.1, -0.05) is 18.2 Å². The second-order valence-electron chi connectivity index (χ2n) is 6.03. The summed E-state index contributed by atoms with van der Waals surface area (Å²) < 4.78 is 0.236. The number of H-pyrrole nitrogens is 3. The third-order valence-corrected chi connectivity index (χ3v) is 4.56. The summed E-state index contributed by atoms with van der Waals surface area (Å²) in [5.41, 5.74) is 3.00. The number of amides is 1. The third-order valence-electron chi connectivity index (χ3n) is 4.36. The Hall–Kier alpha value is -3.19. The van der Waals surface area contributed by atoms with Crippen LogP contribution in [0.1, 0.15) is 15.9 Å². The first kappa shape index (κ1) is 16.3. The highest BCUT2D eigenvalue weighted by Gasteiger charge is 2.09. The van der Waals surface area contributed by atoms with Gasteiger partial charge in [-0.25, -0.2) is 0 Å². The Morgan fingerprint density at radius 3 is 2.77 bits per heavy atom. The Bertz CT molecular complexity index is 1240. The van der Waals surface area contributed by atoms with Gasteiger partial charge in [0.2, 0.25) is 0 Å². The molecular formula is C19H16N4O2S. The summed E-state index contributed by atoms with van der Waals surface area (Å²) in [6.45, 7) is 0.518. The SMILES string of the molecule is O=C(NCCc1c[nH]c2ccccc12)c1ccc2c(=O)[nH]c(=S)[nH]c2c1. The first-order chi connectivity index (χ1) is 12.6. The van der Waals surface area contributed by atoms with Crippen LogP contribution < -0.4 is 10.9 Å². The number of rotatable bonds is 4. The lowest BCUT2D eigenvalue weighted by molar-refractivity contribution is 0.0954. The molecule has 2 aromatic carbocycles. The first-order valence-electron chi connectivity index (χ1n) is 8.21. The predicted molar refractivity (Wildman–Crippen MR) is 104 cm³/mol. The minimum atomic E-state index is -0.268. The third kappa shape index (κ3) is 3.04. The van der Waals surface area contributed by atoms with Crippen molar-refractivity contribution >= 4 is 39.9 Å². The molecule has 26 heavy (non-hydrogen) atoms. The summed E-state index contributed by atoms with van der Waals surface area (Å²) in [5.74, 6) is -0.189. The number of para-hydroxylation sites is 1. The summed E-state index contributed by atoms with van der Waals surface area (Å²) in [7, 11) is 0. The van der Waals surface area contributed by atoms with E-state index in [0.29, 0.717) is 23.0 Å². The van der Waals surface area contributed by atoms with Crippen LogP contribution in [0.25, 0.3) is 21.8 Å². The Morgan fingerprint density at radius 1 is 1.04 bits per heavy atom. The number of aromatic amines is 3. The highest BCUT2D eigenvalue weighted by Crippen LogP contribution is 2.17. The maximum Gasteiger partial charge on any atom is 0.259 e. The maximum absolute atomic E-state index is 12.4. The average molecular weight is 364 g/mol. The molecule has 0 radical (unpaired) electrons. The molecule has 0 unspecified atom stereocenters. The van der Waals surface area contributed by atoms with E-state index in [2.05, 4.69) is 26.3 Å². The Kier molecular flexibility index (Phi) is 4.14. The van der Waals surface area contributed by atoms with Crippen molar-refractivity contribution in [2.75, 3.05) is 6.54 Å². The van der Waals surface area contributed by atoms with Crippen LogP contribution in [-0.4, -0.2) is 27.4 Å². The molecule has 0 saturated heterocycles. The van der Waals surface area contributed by atoms with Crippen molar-refractivity contribution in [3.63, 3.8) is 0 Å². The van der Waals surface area contributed by atoms with E-state index >= 15 is 0 Å². The minimum absolute atomic E-state index is 0.189. The predicted octanol–water partition coefficient (Wildman–Crippen LogP) is 3.04. The van der Waals surface area contributed by atoms with Crippen molar-refractivity contribution in [3.05, 3.63) is 74.9 Å². The molecule has 0 aliphatic rings. The van der Waals surface area contributed by atoms with Gasteiger partial charge in [0, 0.05) is 29.2 Å². The van der Waals surface area contributed by atoms with E-state index in [4.69, 9.17) is 12.2 Å². The minimum Gasteiger partial charge on any atom is -0.361 e. The Morgan fingerprint density at radius 2 is 1.88 bits per heavy atom. The zero-order valence-electron chi connectivity index (χ0n) is 13.8. The molecule has 0 bridgehead atoms. The lowest BCUT2D eigenvalue weighted by atomic mass is 10.1. The molecule has 4 aromatic rings. The fraction of sp³-hybridized carbons (Fsp3) is 0.105. The van der Waals surface area contributed by atoms with Crippen molar-refractivity contribution in [1.82, 2.24) is 20.3 Å². The molecule has 0 aliphatic heterocycles. The van der Waals surface area contributed by atoms with E-state index in [1.54, 1.807) is 18.2 Å². The summed E-state index contributed by atoms with van der Waals surface area (Å²) in [6, 6.07) is 13.0. The second-order valence-corrected chi connectivity index (χ2v) is 6.44. The summed E-state index contributed by atoms with van der Waals surface area (Å²) in [6.07, 6.45) is 2.70. The van der Waals surface area contributed by atoms with Gasteiger partial charge in [-0.05, 0) is 48.5 Å². The zero-order chi connectivity index (χ0) is 18.1. The van der Waals surface area contributed by atoms with Crippen LogP contribution >= 0.6 is 12.2 Å². The van der Waals surface area contributed by atoms with Gasteiger partial charge in [0.25, 0.3) is 11.5 Å². The first-order valence-corrected chi connectivity index (χ1v) is 8.62. The molecule has 2 aromatic heterocycles. The van der Waals surface area contributed by atoms with Crippen LogP contribution in [0.5, 0.6) is 0 Å². The highest BCUT2D eigenvalue weighted by atomic mass is 32.1. The van der Waals surface area contributed by atoms with Crippen molar-refractivity contribution in [3.8, 4) is 0 Å².